The van der Waals surface area contributed by atoms with Gasteiger partial charge in [0.2, 0.25) is 5.56 Å². The van der Waals surface area contributed by atoms with Crippen LogP contribution in [0.3, 0.4) is 0 Å². The van der Waals surface area contributed by atoms with Gasteiger partial charge in [0.1, 0.15) is 12.1 Å². The number of hydrogen-bond donors (Lipinski definition) is 1. The maximum atomic E-state index is 11.1. The molecule has 0 spiro atoms. The molecule has 0 saturated carbocycles. The Morgan fingerprint density at radius 2 is 2.20 bits per heavy atom. The Bertz CT molecular complexity index is 591. The van der Waals surface area contributed by atoms with Crippen LogP contribution < -0.4 is 5.56 Å². The average molecular weight is 197 g/mol. The maximum Gasteiger partial charge on any atom is 0.248 e. The molecule has 5 heteroatoms. The lowest BCUT2D eigenvalue weighted by Crippen LogP contribution is -2.11. The fraction of sp³-hybridized carbons (Fsp3) is 0.100. The van der Waals surface area contributed by atoms with Crippen molar-refractivity contribution in [1.29, 1.82) is 10.5 Å². The molecule has 0 unspecified atom stereocenters. The summed E-state index contributed by atoms with van der Waals surface area (Å²) in [7, 11) is 0. The van der Waals surface area contributed by atoms with Gasteiger partial charge in [-0.1, -0.05) is 0 Å². The Labute approximate surface area is 85.4 Å². The molecule has 1 aromatic heterocycles. The third kappa shape index (κ3) is 1.83. The van der Waals surface area contributed by atoms with E-state index in [1.165, 1.54) is 6.07 Å². The number of aryl methyl sites for hydroxylation is 1. The first-order valence-electron chi connectivity index (χ1n) is 3.95. The molecule has 0 saturated heterocycles. The highest BCUT2D eigenvalue weighted by Gasteiger charge is 2.10. The summed E-state index contributed by atoms with van der Waals surface area (Å²) in [6.45, 7) is 1.57. The second kappa shape index (κ2) is 4.06. The first kappa shape index (κ1) is 10.5. The van der Waals surface area contributed by atoms with Crippen molar-refractivity contribution in [1.82, 2.24) is 4.98 Å². The lowest BCUT2D eigenvalue weighted by molar-refractivity contribution is 1.16. The normalized spacial score (nSPS) is 8.47. The highest BCUT2D eigenvalue weighted by atomic mass is 16.1. The molecule has 0 amide bonds. The lowest BCUT2D eigenvalue weighted by atomic mass is 10.0. The number of allylic oxidation sites excluding steroid dienone is 1. The second-order valence-electron chi connectivity index (χ2n) is 2.78. The fourth-order valence-electron chi connectivity index (χ4n) is 1.16. The maximum absolute atomic E-state index is 11.1. The van der Waals surface area contributed by atoms with Gasteiger partial charge in [-0.15, -0.1) is 0 Å². The molecule has 0 radical (unpaired) electrons. The van der Waals surface area contributed by atoms with E-state index in [0.29, 0.717) is 5.56 Å². The summed E-state index contributed by atoms with van der Waals surface area (Å²) in [6, 6.07) is 4.72. The molecule has 0 fully saturated rings. The van der Waals surface area contributed by atoms with Crippen molar-refractivity contribution in [2.24, 2.45) is 0 Å². The molecule has 5 nitrogen and oxygen atoms in total. The molecule has 1 N–H and O–H groups in total. The zero-order valence-corrected chi connectivity index (χ0v) is 7.83. The van der Waals surface area contributed by atoms with Gasteiger partial charge in [-0.3, -0.25) is 4.79 Å². The summed E-state index contributed by atoms with van der Waals surface area (Å²) in [5, 5.41) is 26.1. The van der Waals surface area contributed by atoms with Gasteiger partial charge < -0.3 is 10.4 Å². The summed E-state index contributed by atoms with van der Waals surface area (Å²) >= 11 is 0. The molecule has 0 aliphatic carbocycles. The standard InChI is InChI=1S/C10H5N4O/c1-6-2-9(15)14-10(8(6)5-13)7(3-11)4-12/h2H,1H3,(H,14,15)/q-1. The summed E-state index contributed by atoms with van der Waals surface area (Å²) in [4.78, 5) is 13.4. The second-order valence-corrected chi connectivity index (χ2v) is 2.78. The van der Waals surface area contributed by atoms with Crippen molar-refractivity contribution < 1.29 is 0 Å². The number of nitrogens with zero attached hydrogens (tertiary/aromatic N) is 3. The highest BCUT2D eigenvalue weighted by molar-refractivity contribution is 5.98. The number of rotatable bonds is 1. The molecule has 1 rings (SSSR count). The SMILES string of the molecule is Cc1cc(=O)[nH]c(C(=C=[N-])C#N)c1C#N. The summed E-state index contributed by atoms with van der Waals surface area (Å²) in [5.41, 5.74) is -0.128. The van der Waals surface area contributed by atoms with Crippen LogP contribution in [0.5, 0.6) is 0 Å². The molecule has 0 atom stereocenters. The molecule has 72 valence electrons. The van der Waals surface area contributed by atoms with E-state index in [1.807, 2.05) is 6.07 Å². The zero-order valence-electron chi connectivity index (χ0n) is 7.83. The van der Waals surface area contributed by atoms with Crippen molar-refractivity contribution >= 4 is 11.4 Å². The predicted octanol–water partition coefficient (Wildman–Crippen LogP) is 0.701. The van der Waals surface area contributed by atoms with Crippen molar-refractivity contribution in [3.8, 4) is 12.1 Å². The zero-order chi connectivity index (χ0) is 11.4. The van der Waals surface area contributed by atoms with Gasteiger partial charge in [-0.2, -0.15) is 10.5 Å². The van der Waals surface area contributed by atoms with Crippen LogP contribution in [0.25, 0.3) is 11.0 Å². The van der Waals surface area contributed by atoms with E-state index in [-0.39, 0.29) is 16.8 Å². The number of H-pyrrole nitrogens is 1. The van der Waals surface area contributed by atoms with Crippen LogP contribution in [0.4, 0.5) is 0 Å². The summed E-state index contributed by atoms with van der Waals surface area (Å²) in [6.07, 6.45) is 0. The molecular formula is C10H5N4O-. The van der Waals surface area contributed by atoms with Gasteiger partial charge in [-0.25, -0.2) is 5.87 Å². The minimum Gasteiger partial charge on any atom is -0.762 e. The van der Waals surface area contributed by atoms with E-state index >= 15 is 0 Å². The average Bonchev–Trinajstić information content (AvgIpc) is 2.19. The molecule has 1 aromatic rings. The third-order valence-corrected chi connectivity index (χ3v) is 1.83. The molecule has 1 heterocycles. The number of aromatic amines is 1. The van der Waals surface area contributed by atoms with Crippen molar-refractivity contribution in [2.45, 2.75) is 6.92 Å². The molecule has 0 aliphatic rings. The number of nitrogens with one attached hydrogen (secondary N) is 1. The fourth-order valence-corrected chi connectivity index (χ4v) is 1.16. The molecule has 0 aromatic carbocycles. The number of nitriles is 2. The summed E-state index contributed by atoms with van der Waals surface area (Å²) < 4.78 is 0. The van der Waals surface area contributed by atoms with Crippen molar-refractivity contribution in [3.05, 3.63) is 38.7 Å². The largest absolute Gasteiger partial charge is 0.762 e. The van der Waals surface area contributed by atoms with Crippen LogP contribution in [0, 0.1) is 29.6 Å². The minimum atomic E-state index is -0.440. The molecule has 0 bridgehead atoms. The minimum absolute atomic E-state index is 0.00694. The van der Waals surface area contributed by atoms with Gasteiger partial charge >= 0.3 is 0 Å². The van der Waals surface area contributed by atoms with Crippen molar-refractivity contribution in [3.63, 3.8) is 0 Å². The van der Waals surface area contributed by atoms with Gasteiger partial charge in [0.05, 0.1) is 16.8 Å². The quantitative estimate of drug-likeness (QED) is 0.529. The van der Waals surface area contributed by atoms with Gasteiger partial charge in [0.15, 0.2) is 0 Å². The van der Waals surface area contributed by atoms with Crippen LogP contribution in [-0.2, 0) is 0 Å². The van der Waals surface area contributed by atoms with Crippen LogP contribution in [0.1, 0.15) is 16.8 Å². The van der Waals surface area contributed by atoms with Crippen LogP contribution in [0.2, 0.25) is 0 Å². The monoisotopic (exact) mass is 197 g/mol. The van der Waals surface area contributed by atoms with Gasteiger partial charge in [0.25, 0.3) is 0 Å². The number of pyridine rings is 1. The van der Waals surface area contributed by atoms with Crippen LogP contribution in [-0.4, -0.2) is 10.9 Å². The Hall–Kier alpha value is -2.62. The molecular weight excluding hydrogens is 192 g/mol. The third-order valence-electron chi connectivity index (χ3n) is 1.83. The van der Waals surface area contributed by atoms with E-state index in [9.17, 15) is 4.79 Å². The highest BCUT2D eigenvalue weighted by Crippen LogP contribution is 2.14. The topological polar surface area (TPSA) is 103 Å². The van der Waals surface area contributed by atoms with E-state index in [0.717, 1.165) is 0 Å². The van der Waals surface area contributed by atoms with Crippen LogP contribution in [0.15, 0.2) is 10.9 Å². The van der Waals surface area contributed by atoms with Gasteiger partial charge in [-0.05, 0) is 12.5 Å². The van der Waals surface area contributed by atoms with Crippen LogP contribution >= 0.6 is 0 Å². The first-order chi connectivity index (χ1) is 7.13. The van der Waals surface area contributed by atoms with Gasteiger partial charge in [0, 0.05) is 6.07 Å². The molecule has 0 aliphatic heterocycles. The Morgan fingerprint density at radius 1 is 1.53 bits per heavy atom. The Morgan fingerprint density at radius 3 is 2.67 bits per heavy atom. The Kier molecular flexibility index (Phi) is 2.83. The van der Waals surface area contributed by atoms with E-state index in [2.05, 4.69) is 4.98 Å². The summed E-state index contributed by atoms with van der Waals surface area (Å²) in [5.74, 6) is 1.63. The number of hydrogen-bond acceptors (Lipinski definition) is 3. The first-order valence-corrected chi connectivity index (χ1v) is 3.95. The van der Waals surface area contributed by atoms with E-state index in [4.69, 9.17) is 15.9 Å². The number of aromatic nitrogens is 1. The smallest absolute Gasteiger partial charge is 0.248 e. The Balaban J connectivity index is 3.71. The lowest BCUT2D eigenvalue weighted by Gasteiger charge is -2.03. The van der Waals surface area contributed by atoms with E-state index < -0.39 is 5.56 Å². The molecule has 15 heavy (non-hydrogen) atoms. The predicted molar refractivity (Wildman–Crippen MR) is 53.9 cm³/mol. The van der Waals surface area contributed by atoms with E-state index in [1.54, 1.807) is 18.9 Å². The van der Waals surface area contributed by atoms with Crippen molar-refractivity contribution in [2.75, 3.05) is 0 Å².